The SMILES string of the molecule is C1=CC2CC3CC=COC3=NC2C=C1. The second-order valence-corrected chi connectivity index (χ2v) is 4.05. The standard InChI is InChI=1S/C12H13NO/c1-2-6-11-9(4-1)8-10-5-3-7-14-12(10)13-11/h1-4,6-7,9-11H,5,8H2. The molecule has 1 aliphatic carbocycles. The number of aliphatic imine (C=N–C) groups is 1. The maximum atomic E-state index is 5.44. The van der Waals surface area contributed by atoms with Gasteiger partial charge in [0.05, 0.1) is 12.3 Å². The van der Waals surface area contributed by atoms with Crippen molar-refractivity contribution in [2.75, 3.05) is 0 Å². The molecule has 0 aromatic carbocycles. The maximum Gasteiger partial charge on any atom is 0.193 e. The predicted molar refractivity (Wildman–Crippen MR) is 55.9 cm³/mol. The van der Waals surface area contributed by atoms with E-state index in [4.69, 9.17) is 4.74 Å². The summed E-state index contributed by atoms with van der Waals surface area (Å²) in [6.45, 7) is 0. The van der Waals surface area contributed by atoms with Gasteiger partial charge in [-0.15, -0.1) is 0 Å². The highest BCUT2D eigenvalue weighted by molar-refractivity contribution is 5.81. The Labute approximate surface area is 83.7 Å². The van der Waals surface area contributed by atoms with E-state index in [2.05, 4.69) is 35.4 Å². The normalized spacial score (nSPS) is 38.3. The molecule has 72 valence electrons. The zero-order valence-electron chi connectivity index (χ0n) is 7.97. The Balaban J connectivity index is 1.92. The fraction of sp³-hybridized carbons (Fsp3) is 0.417. The molecule has 2 aliphatic heterocycles. The van der Waals surface area contributed by atoms with Crippen molar-refractivity contribution in [1.82, 2.24) is 0 Å². The van der Waals surface area contributed by atoms with Crippen LogP contribution >= 0.6 is 0 Å². The zero-order valence-corrected chi connectivity index (χ0v) is 7.97. The van der Waals surface area contributed by atoms with Crippen molar-refractivity contribution >= 4 is 5.90 Å². The number of hydrogen-bond donors (Lipinski definition) is 0. The molecule has 0 saturated heterocycles. The molecule has 0 aromatic heterocycles. The smallest absolute Gasteiger partial charge is 0.193 e. The summed E-state index contributed by atoms with van der Waals surface area (Å²) in [5.74, 6) is 2.04. The minimum atomic E-state index is 0.317. The van der Waals surface area contributed by atoms with Crippen molar-refractivity contribution in [3.8, 4) is 0 Å². The number of hydrogen-bond acceptors (Lipinski definition) is 2. The number of allylic oxidation sites excluding steroid dienone is 3. The monoisotopic (exact) mass is 187 g/mol. The number of nitrogens with zero attached hydrogens (tertiary/aromatic N) is 1. The molecular formula is C12H13NO. The molecular weight excluding hydrogens is 174 g/mol. The largest absolute Gasteiger partial charge is 0.451 e. The lowest BCUT2D eigenvalue weighted by atomic mass is 9.82. The Morgan fingerprint density at radius 2 is 2.21 bits per heavy atom. The highest BCUT2D eigenvalue weighted by atomic mass is 16.5. The molecule has 2 heterocycles. The van der Waals surface area contributed by atoms with Crippen LogP contribution in [-0.4, -0.2) is 11.9 Å². The molecule has 2 nitrogen and oxygen atoms in total. The molecule has 3 atom stereocenters. The van der Waals surface area contributed by atoms with Crippen molar-refractivity contribution in [1.29, 1.82) is 0 Å². The van der Waals surface area contributed by atoms with Crippen LogP contribution in [0.1, 0.15) is 12.8 Å². The minimum Gasteiger partial charge on any atom is -0.451 e. The van der Waals surface area contributed by atoms with Crippen LogP contribution in [-0.2, 0) is 4.74 Å². The van der Waals surface area contributed by atoms with Crippen LogP contribution in [0.4, 0.5) is 0 Å². The van der Waals surface area contributed by atoms with Gasteiger partial charge in [0.2, 0.25) is 0 Å². The lowest BCUT2D eigenvalue weighted by Crippen LogP contribution is -2.33. The van der Waals surface area contributed by atoms with Crippen LogP contribution in [0.2, 0.25) is 0 Å². The second kappa shape index (κ2) is 3.12. The minimum absolute atomic E-state index is 0.317. The van der Waals surface area contributed by atoms with Gasteiger partial charge in [-0.25, -0.2) is 4.99 Å². The summed E-state index contributed by atoms with van der Waals surface area (Å²) >= 11 is 0. The molecule has 0 bridgehead atoms. The Morgan fingerprint density at radius 1 is 1.29 bits per heavy atom. The van der Waals surface area contributed by atoms with Gasteiger partial charge in [0.15, 0.2) is 5.90 Å². The first kappa shape index (κ1) is 8.04. The van der Waals surface area contributed by atoms with E-state index in [1.807, 2.05) is 0 Å². The summed E-state index contributed by atoms with van der Waals surface area (Å²) in [4.78, 5) is 4.63. The summed E-state index contributed by atoms with van der Waals surface area (Å²) in [5, 5.41) is 0. The van der Waals surface area contributed by atoms with Gasteiger partial charge in [-0.1, -0.05) is 24.3 Å². The number of fused-ring (bicyclic) bond motifs is 2. The summed E-state index contributed by atoms with van der Waals surface area (Å²) in [6.07, 6.45) is 14.7. The van der Waals surface area contributed by atoms with Gasteiger partial charge >= 0.3 is 0 Å². The molecule has 3 rings (SSSR count). The van der Waals surface area contributed by atoms with E-state index in [0.717, 1.165) is 12.3 Å². The molecule has 0 amide bonds. The van der Waals surface area contributed by atoms with Crippen molar-refractivity contribution in [3.63, 3.8) is 0 Å². The highest BCUT2D eigenvalue weighted by Crippen LogP contribution is 2.33. The van der Waals surface area contributed by atoms with E-state index < -0.39 is 0 Å². The van der Waals surface area contributed by atoms with E-state index in [0.29, 0.717) is 17.9 Å². The Hall–Kier alpha value is -1.31. The Morgan fingerprint density at radius 3 is 3.21 bits per heavy atom. The van der Waals surface area contributed by atoms with Gasteiger partial charge in [0.25, 0.3) is 0 Å². The van der Waals surface area contributed by atoms with E-state index in [-0.39, 0.29) is 0 Å². The molecule has 0 aromatic rings. The summed E-state index contributed by atoms with van der Waals surface area (Å²) in [7, 11) is 0. The van der Waals surface area contributed by atoms with Gasteiger partial charge in [0, 0.05) is 11.8 Å². The predicted octanol–water partition coefficient (Wildman–Crippen LogP) is 2.45. The van der Waals surface area contributed by atoms with Gasteiger partial charge in [-0.3, -0.25) is 0 Å². The van der Waals surface area contributed by atoms with E-state index in [1.165, 1.54) is 6.42 Å². The molecule has 0 N–H and O–H groups in total. The van der Waals surface area contributed by atoms with Crippen LogP contribution in [0.25, 0.3) is 0 Å². The fourth-order valence-corrected chi connectivity index (χ4v) is 2.34. The zero-order chi connectivity index (χ0) is 9.38. The van der Waals surface area contributed by atoms with Gasteiger partial charge in [-0.05, 0) is 18.9 Å². The highest BCUT2D eigenvalue weighted by Gasteiger charge is 2.32. The molecule has 3 aliphatic rings. The first-order chi connectivity index (χ1) is 6.93. The summed E-state index contributed by atoms with van der Waals surface area (Å²) in [6, 6.07) is 0.317. The van der Waals surface area contributed by atoms with Crippen LogP contribution in [0, 0.1) is 11.8 Å². The maximum absolute atomic E-state index is 5.44. The van der Waals surface area contributed by atoms with Gasteiger partial charge < -0.3 is 4.74 Å². The molecule has 0 spiro atoms. The third kappa shape index (κ3) is 1.22. The van der Waals surface area contributed by atoms with Crippen molar-refractivity contribution in [3.05, 3.63) is 36.6 Å². The molecule has 14 heavy (non-hydrogen) atoms. The fourth-order valence-electron chi connectivity index (χ4n) is 2.34. The molecule has 0 fully saturated rings. The molecule has 0 saturated carbocycles. The molecule has 2 heteroatoms. The Bertz CT molecular complexity index is 351. The van der Waals surface area contributed by atoms with Crippen molar-refractivity contribution in [2.45, 2.75) is 18.9 Å². The van der Waals surface area contributed by atoms with E-state index in [9.17, 15) is 0 Å². The van der Waals surface area contributed by atoms with Gasteiger partial charge in [-0.2, -0.15) is 0 Å². The van der Waals surface area contributed by atoms with Crippen LogP contribution in [0.15, 0.2) is 41.6 Å². The average molecular weight is 187 g/mol. The van der Waals surface area contributed by atoms with E-state index in [1.54, 1.807) is 6.26 Å². The van der Waals surface area contributed by atoms with Crippen LogP contribution < -0.4 is 0 Å². The number of ether oxygens (including phenoxy) is 1. The summed E-state index contributed by atoms with van der Waals surface area (Å²) < 4.78 is 5.44. The third-order valence-electron chi connectivity index (χ3n) is 3.10. The lowest BCUT2D eigenvalue weighted by molar-refractivity contribution is 0.329. The van der Waals surface area contributed by atoms with Crippen molar-refractivity contribution in [2.24, 2.45) is 16.8 Å². The lowest BCUT2D eigenvalue weighted by Gasteiger charge is -2.32. The van der Waals surface area contributed by atoms with Crippen molar-refractivity contribution < 1.29 is 4.74 Å². The average Bonchev–Trinajstić information content (AvgIpc) is 2.26. The summed E-state index contributed by atoms with van der Waals surface area (Å²) in [5.41, 5.74) is 0. The third-order valence-corrected chi connectivity index (χ3v) is 3.10. The molecule has 3 unspecified atom stereocenters. The number of rotatable bonds is 0. The topological polar surface area (TPSA) is 21.6 Å². The van der Waals surface area contributed by atoms with Gasteiger partial charge in [0.1, 0.15) is 0 Å². The van der Waals surface area contributed by atoms with E-state index >= 15 is 0 Å². The second-order valence-electron chi connectivity index (χ2n) is 4.05. The first-order valence-corrected chi connectivity index (χ1v) is 5.18. The van der Waals surface area contributed by atoms with Crippen LogP contribution in [0.5, 0.6) is 0 Å². The first-order valence-electron chi connectivity index (χ1n) is 5.18. The van der Waals surface area contributed by atoms with Crippen LogP contribution in [0.3, 0.4) is 0 Å². The molecule has 0 radical (unpaired) electrons. The Kier molecular flexibility index (Phi) is 1.79. The quantitative estimate of drug-likeness (QED) is 0.570.